The average molecular weight is 293 g/mol. The van der Waals surface area contributed by atoms with E-state index in [1.807, 2.05) is 0 Å². The van der Waals surface area contributed by atoms with Gasteiger partial charge in [-0.15, -0.1) is 0 Å². The van der Waals surface area contributed by atoms with Crippen molar-refractivity contribution in [2.24, 2.45) is 0 Å². The maximum atomic E-state index is 12.1. The molecule has 2 rings (SSSR count). The average Bonchev–Trinajstić information content (AvgIpc) is 2.60. The van der Waals surface area contributed by atoms with Crippen molar-refractivity contribution < 1.29 is 16.8 Å². The van der Waals surface area contributed by atoms with Gasteiger partial charge in [-0.1, -0.05) is 17.7 Å². The molecular formula is C10H9ClO4S2. The number of hydrogen-bond acceptors (Lipinski definition) is 4. The van der Waals surface area contributed by atoms with Crippen LogP contribution in [0.3, 0.4) is 0 Å². The Kier molecular flexibility index (Phi) is 3.05. The Morgan fingerprint density at radius 1 is 1.18 bits per heavy atom. The largest absolute Gasteiger partial charge is 0.224 e. The summed E-state index contributed by atoms with van der Waals surface area (Å²) >= 11 is 5.66. The zero-order valence-corrected chi connectivity index (χ0v) is 11.0. The summed E-state index contributed by atoms with van der Waals surface area (Å²) in [7, 11) is -7.03. The van der Waals surface area contributed by atoms with Crippen LogP contribution in [0.15, 0.2) is 40.6 Å². The fourth-order valence-corrected chi connectivity index (χ4v) is 5.31. The lowest BCUT2D eigenvalue weighted by atomic mass is 10.4. The van der Waals surface area contributed by atoms with Crippen molar-refractivity contribution >= 4 is 31.3 Å². The maximum Gasteiger partial charge on any atom is 0.185 e. The lowest BCUT2D eigenvalue weighted by molar-refractivity contribution is 0.587. The summed E-state index contributed by atoms with van der Waals surface area (Å²) in [5, 5.41) is 0.373. The zero-order valence-electron chi connectivity index (χ0n) is 8.58. The first-order valence-electron chi connectivity index (χ1n) is 4.72. The van der Waals surface area contributed by atoms with Gasteiger partial charge in [-0.2, -0.15) is 0 Å². The molecule has 1 aromatic carbocycles. The van der Waals surface area contributed by atoms with Crippen molar-refractivity contribution in [1.29, 1.82) is 0 Å². The van der Waals surface area contributed by atoms with Crippen LogP contribution >= 0.6 is 11.6 Å². The molecule has 1 aliphatic rings. The van der Waals surface area contributed by atoms with Crippen LogP contribution in [-0.4, -0.2) is 27.8 Å². The Balaban J connectivity index is 2.39. The van der Waals surface area contributed by atoms with Crippen molar-refractivity contribution in [1.82, 2.24) is 0 Å². The highest BCUT2D eigenvalue weighted by Gasteiger charge is 2.33. The Bertz CT molecular complexity index is 657. The number of rotatable bonds is 2. The number of benzene rings is 1. The van der Waals surface area contributed by atoms with Crippen molar-refractivity contribution in [2.75, 3.05) is 5.75 Å². The molecule has 1 aromatic rings. The van der Waals surface area contributed by atoms with Gasteiger partial charge in [0.05, 0.1) is 15.9 Å². The Morgan fingerprint density at radius 2 is 1.76 bits per heavy atom. The predicted molar refractivity (Wildman–Crippen MR) is 65.4 cm³/mol. The highest BCUT2D eigenvalue weighted by molar-refractivity contribution is 7.98. The standard InChI is InChI=1S/C10H9ClO4S2/c11-8-1-3-9(4-2-8)17(14,15)10-5-6-16(12,13)7-10/h1-6,10H,7H2/t10-/m0/s1. The molecule has 0 N–H and O–H groups in total. The second-order valence-corrected chi connectivity index (χ2v) is 8.23. The van der Waals surface area contributed by atoms with Crippen molar-refractivity contribution in [3.05, 3.63) is 40.8 Å². The Morgan fingerprint density at radius 3 is 2.24 bits per heavy atom. The lowest BCUT2D eigenvalue weighted by Gasteiger charge is -2.08. The van der Waals surface area contributed by atoms with Crippen LogP contribution < -0.4 is 0 Å². The van der Waals surface area contributed by atoms with E-state index in [1.165, 1.54) is 30.3 Å². The molecule has 92 valence electrons. The summed E-state index contributed by atoms with van der Waals surface area (Å²) < 4.78 is 46.6. The second kappa shape index (κ2) is 4.12. The van der Waals surface area contributed by atoms with Crippen molar-refractivity contribution in [2.45, 2.75) is 10.1 Å². The van der Waals surface area contributed by atoms with E-state index in [9.17, 15) is 16.8 Å². The zero-order chi connectivity index (χ0) is 12.7. The summed E-state index contributed by atoms with van der Waals surface area (Å²) in [6, 6.07) is 5.66. The van der Waals surface area contributed by atoms with Gasteiger partial charge >= 0.3 is 0 Å². The second-order valence-electron chi connectivity index (χ2n) is 3.70. The molecule has 1 heterocycles. The number of sulfone groups is 2. The van der Waals surface area contributed by atoms with Crippen LogP contribution in [0.4, 0.5) is 0 Å². The SMILES string of the molecule is O=S1(=O)C=C[C@H](S(=O)(=O)c2ccc(Cl)cc2)C1. The highest BCUT2D eigenvalue weighted by Crippen LogP contribution is 2.24. The van der Waals surface area contributed by atoms with Crippen molar-refractivity contribution in [3.8, 4) is 0 Å². The molecule has 17 heavy (non-hydrogen) atoms. The maximum absolute atomic E-state index is 12.1. The molecule has 7 heteroatoms. The van der Waals surface area contributed by atoms with Gasteiger partial charge in [-0.05, 0) is 24.3 Å². The van der Waals surface area contributed by atoms with Gasteiger partial charge in [-0.3, -0.25) is 0 Å². The van der Waals surface area contributed by atoms with Gasteiger partial charge in [-0.25, -0.2) is 16.8 Å². The van der Waals surface area contributed by atoms with Crippen LogP contribution in [0.1, 0.15) is 0 Å². The fraction of sp³-hybridized carbons (Fsp3) is 0.200. The van der Waals surface area contributed by atoms with Gasteiger partial charge in [0.15, 0.2) is 19.7 Å². The summed E-state index contributed by atoms with van der Waals surface area (Å²) in [4.78, 5) is 0.0775. The highest BCUT2D eigenvalue weighted by atomic mass is 35.5. The van der Waals surface area contributed by atoms with E-state index in [0.717, 1.165) is 5.41 Å². The van der Waals surface area contributed by atoms with E-state index in [1.54, 1.807) is 0 Å². The van der Waals surface area contributed by atoms with Gasteiger partial charge in [0.25, 0.3) is 0 Å². The van der Waals surface area contributed by atoms with Crippen LogP contribution in [-0.2, 0) is 19.7 Å². The van der Waals surface area contributed by atoms with Gasteiger partial charge in [0.2, 0.25) is 0 Å². The number of halogens is 1. The minimum absolute atomic E-state index is 0.0775. The molecule has 0 aliphatic carbocycles. The Labute approximate surface area is 105 Å². The molecule has 0 saturated carbocycles. The van der Waals surface area contributed by atoms with Crippen LogP contribution in [0.5, 0.6) is 0 Å². The molecule has 0 bridgehead atoms. The first kappa shape index (κ1) is 12.6. The normalized spacial score (nSPS) is 22.8. The minimum atomic E-state index is -3.65. The summed E-state index contributed by atoms with van der Waals surface area (Å²) in [6.45, 7) is 0. The molecule has 0 fully saturated rings. The molecule has 0 unspecified atom stereocenters. The smallest absolute Gasteiger partial charge is 0.185 e. The molecule has 0 spiro atoms. The first-order valence-corrected chi connectivity index (χ1v) is 8.36. The molecule has 0 saturated heterocycles. The van der Waals surface area contributed by atoms with Gasteiger partial charge in [0, 0.05) is 10.4 Å². The van der Waals surface area contributed by atoms with Gasteiger partial charge in [0.1, 0.15) is 0 Å². The molecule has 1 aliphatic heterocycles. The summed E-state index contributed by atoms with van der Waals surface area (Å²) in [5.41, 5.74) is 0. The molecule has 0 radical (unpaired) electrons. The molecule has 1 atom stereocenters. The molecule has 0 aromatic heterocycles. The van der Waals surface area contributed by atoms with Crippen molar-refractivity contribution in [3.63, 3.8) is 0 Å². The fourth-order valence-electron chi connectivity index (χ4n) is 1.54. The monoisotopic (exact) mass is 292 g/mol. The minimum Gasteiger partial charge on any atom is -0.224 e. The molecule has 4 nitrogen and oxygen atoms in total. The predicted octanol–water partition coefficient (Wildman–Crippen LogP) is 1.42. The Hall–Kier alpha value is -0.850. The third-order valence-corrected chi connectivity index (χ3v) is 6.35. The molecule has 0 amide bonds. The van der Waals surface area contributed by atoms with Crippen LogP contribution in [0.2, 0.25) is 5.02 Å². The topological polar surface area (TPSA) is 68.3 Å². The quantitative estimate of drug-likeness (QED) is 0.827. The third kappa shape index (κ3) is 2.53. The van der Waals surface area contributed by atoms with E-state index < -0.39 is 30.7 Å². The van der Waals surface area contributed by atoms with Gasteiger partial charge < -0.3 is 0 Å². The van der Waals surface area contributed by atoms with Crippen LogP contribution in [0.25, 0.3) is 0 Å². The molecular weight excluding hydrogens is 284 g/mol. The first-order chi connectivity index (χ1) is 7.81. The van der Waals surface area contributed by atoms with Crippen LogP contribution in [0, 0.1) is 0 Å². The van der Waals surface area contributed by atoms with E-state index in [2.05, 4.69) is 0 Å². The number of hydrogen-bond donors (Lipinski definition) is 0. The summed E-state index contributed by atoms with van der Waals surface area (Å²) in [6.07, 6.45) is 1.21. The van der Waals surface area contributed by atoms with E-state index in [0.29, 0.717) is 5.02 Å². The third-order valence-electron chi connectivity index (χ3n) is 2.44. The lowest BCUT2D eigenvalue weighted by Crippen LogP contribution is -2.22. The van der Waals surface area contributed by atoms with E-state index in [4.69, 9.17) is 11.6 Å². The van der Waals surface area contributed by atoms with E-state index in [-0.39, 0.29) is 4.90 Å². The summed E-state index contributed by atoms with van der Waals surface area (Å²) in [5.74, 6) is -0.391. The van der Waals surface area contributed by atoms with E-state index >= 15 is 0 Å².